The number of ether oxygens (including phenoxy) is 1. The maximum Gasteiger partial charge on any atom is 0.315 e. The highest BCUT2D eigenvalue weighted by Crippen LogP contribution is 2.04. The molecule has 2 amide bonds. The Morgan fingerprint density at radius 2 is 2.56 bits per heavy atom. The maximum atomic E-state index is 11.5. The van der Waals surface area contributed by atoms with E-state index < -0.39 is 0 Å². The Bertz CT molecular complexity index is 272. The van der Waals surface area contributed by atoms with Gasteiger partial charge in [-0.1, -0.05) is 11.6 Å². The number of hydrogen-bond donors (Lipinski definition) is 3. The fraction of sp³-hybridized carbons (Fsp3) is 0.727. The molecule has 0 aromatic carbocycles. The van der Waals surface area contributed by atoms with Gasteiger partial charge in [0.15, 0.2) is 0 Å². The minimum atomic E-state index is -0.0880. The highest BCUT2D eigenvalue weighted by Gasteiger charge is 2.17. The molecule has 2 aliphatic heterocycles. The van der Waals surface area contributed by atoms with Crippen LogP contribution in [0.15, 0.2) is 11.6 Å². The van der Waals surface area contributed by atoms with Crippen molar-refractivity contribution in [3.8, 4) is 0 Å². The van der Waals surface area contributed by atoms with Crippen LogP contribution in [0.25, 0.3) is 0 Å². The van der Waals surface area contributed by atoms with Gasteiger partial charge >= 0.3 is 6.03 Å². The minimum Gasteiger partial charge on any atom is -0.379 e. The average Bonchev–Trinajstić information content (AvgIpc) is 2.81. The molecule has 3 N–H and O–H groups in total. The van der Waals surface area contributed by atoms with E-state index in [0.717, 1.165) is 32.5 Å². The summed E-state index contributed by atoms with van der Waals surface area (Å²) in [7, 11) is 0. The van der Waals surface area contributed by atoms with E-state index >= 15 is 0 Å². The second-order valence-electron chi connectivity index (χ2n) is 4.20. The van der Waals surface area contributed by atoms with Gasteiger partial charge in [-0.05, 0) is 19.4 Å². The summed E-state index contributed by atoms with van der Waals surface area (Å²) in [5, 5.41) is 9.02. The van der Waals surface area contributed by atoms with Crippen LogP contribution in [-0.4, -0.2) is 44.9 Å². The first kappa shape index (κ1) is 11.4. The summed E-state index contributed by atoms with van der Waals surface area (Å²) in [4.78, 5) is 11.5. The van der Waals surface area contributed by atoms with Crippen molar-refractivity contribution < 1.29 is 9.53 Å². The zero-order valence-corrected chi connectivity index (χ0v) is 9.42. The topological polar surface area (TPSA) is 62.4 Å². The first-order valence-electron chi connectivity index (χ1n) is 5.85. The molecule has 0 saturated carbocycles. The lowest BCUT2D eigenvalue weighted by atomic mass is 10.1. The summed E-state index contributed by atoms with van der Waals surface area (Å²) >= 11 is 0. The molecular formula is C11H19N3O2. The van der Waals surface area contributed by atoms with Crippen molar-refractivity contribution in [2.75, 3.05) is 32.8 Å². The number of carbonyl (C=O) groups is 1. The molecule has 5 nitrogen and oxygen atoms in total. The molecule has 0 aromatic rings. The Morgan fingerprint density at radius 3 is 3.25 bits per heavy atom. The molecular weight excluding hydrogens is 206 g/mol. The molecule has 2 aliphatic rings. The Labute approximate surface area is 95.6 Å². The molecule has 5 heteroatoms. The fourth-order valence-electron chi connectivity index (χ4n) is 1.91. The second-order valence-corrected chi connectivity index (χ2v) is 4.20. The molecule has 0 radical (unpaired) electrons. The van der Waals surface area contributed by atoms with E-state index in [4.69, 9.17) is 4.74 Å². The number of rotatable bonds is 3. The van der Waals surface area contributed by atoms with Crippen LogP contribution in [-0.2, 0) is 4.74 Å². The number of nitrogens with one attached hydrogen (secondary N) is 3. The normalized spacial score (nSPS) is 25.0. The van der Waals surface area contributed by atoms with E-state index in [-0.39, 0.29) is 12.1 Å². The van der Waals surface area contributed by atoms with E-state index in [1.54, 1.807) is 0 Å². The number of amides is 2. The predicted molar refractivity (Wildman–Crippen MR) is 61.3 cm³/mol. The second kappa shape index (κ2) is 5.86. The molecule has 1 unspecified atom stereocenters. The standard InChI is InChI=1S/C11H19N3O2/c15-11(14-10-3-6-16-8-10)13-7-9-1-4-12-5-2-9/h1,10,12H,2-8H2,(H2,13,14,15). The van der Waals surface area contributed by atoms with Crippen LogP contribution in [0.2, 0.25) is 0 Å². The molecule has 0 spiro atoms. The SMILES string of the molecule is O=C(NCC1=CCNCC1)NC1CCOC1. The molecule has 2 rings (SSSR count). The fourth-order valence-corrected chi connectivity index (χ4v) is 1.91. The molecule has 0 aromatic heterocycles. The summed E-state index contributed by atoms with van der Waals surface area (Å²) < 4.78 is 5.19. The van der Waals surface area contributed by atoms with Crippen LogP contribution >= 0.6 is 0 Å². The zero-order valence-electron chi connectivity index (χ0n) is 9.42. The van der Waals surface area contributed by atoms with E-state index in [1.807, 2.05) is 0 Å². The highest BCUT2D eigenvalue weighted by atomic mass is 16.5. The largest absolute Gasteiger partial charge is 0.379 e. The third kappa shape index (κ3) is 3.50. The van der Waals surface area contributed by atoms with Crippen LogP contribution < -0.4 is 16.0 Å². The van der Waals surface area contributed by atoms with E-state index in [1.165, 1.54) is 5.57 Å². The lowest BCUT2D eigenvalue weighted by Gasteiger charge is -2.16. The van der Waals surface area contributed by atoms with Gasteiger partial charge in [-0.25, -0.2) is 4.79 Å². The van der Waals surface area contributed by atoms with Crippen LogP contribution in [0.1, 0.15) is 12.8 Å². The van der Waals surface area contributed by atoms with E-state index in [9.17, 15) is 4.79 Å². The first-order chi connectivity index (χ1) is 7.84. The molecule has 2 heterocycles. The van der Waals surface area contributed by atoms with Gasteiger partial charge in [-0.3, -0.25) is 0 Å². The van der Waals surface area contributed by atoms with Crippen molar-refractivity contribution in [3.63, 3.8) is 0 Å². The van der Waals surface area contributed by atoms with E-state index in [0.29, 0.717) is 13.2 Å². The van der Waals surface area contributed by atoms with Crippen LogP contribution in [0.5, 0.6) is 0 Å². The third-order valence-electron chi connectivity index (χ3n) is 2.90. The average molecular weight is 225 g/mol. The predicted octanol–water partition coefficient (Wildman–Crippen LogP) is -0.00580. The molecule has 0 aliphatic carbocycles. The quantitative estimate of drug-likeness (QED) is 0.592. The van der Waals surface area contributed by atoms with Crippen LogP contribution in [0.4, 0.5) is 4.79 Å². The lowest BCUT2D eigenvalue weighted by molar-refractivity contribution is 0.188. The van der Waals surface area contributed by atoms with E-state index in [2.05, 4.69) is 22.0 Å². The molecule has 16 heavy (non-hydrogen) atoms. The van der Waals surface area contributed by atoms with Gasteiger partial charge in [-0.2, -0.15) is 0 Å². The van der Waals surface area contributed by atoms with Gasteiger partial charge < -0.3 is 20.7 Å². The van der Waals surface area contributed by atoms with Gasteiger partial charge in [0.25, 0.3) is 0 Å². The van der Waals surface area contributed by atoms with Gasteiger partial charge in [0.2, 0.25) is 0 Å². The maximum absolute atomic E-state index is 11.5. The van der Waals surface area contributed by atoms with Gasteiger partial charge in [0, 0.05) is 19.7 Å². The van der Waals surface area contributed by atoms with Crippen LogP contribution in [0, 0.1) is 0 Å². The Kier molecular flexibility index (Phi) is 4.18. The van der Waals surface area contributed by atoms with Gasteiger partial charge in [0.05, 0.1) is 12.6 Å². The summed E-state index contributed by atoms with van der Waals surface area (Å²) in [5.41, 5.74) is 1.30. The van der Waals surface area contributed by atoms with Crippen molar-refractivity contribution >= 4 is 6.03 Å². The molecule has 0 bridgehead atoms. The summed E-state index contributed by atoms with van der Waals surface area (Å²) in [6.07, 6.45) is 4.08. The Hall–Kier alpha value is -1.07. The van der Waals surface area contributed by atoms with Crippen molar-refractivity contribution in [2.45, 2.75) is 18.9 Å². The number of urea groups is 1. The zero-order chi connectivity index (χ0) is 11.2. The lowest BCUT2D eigenvalue weighted by Crippen LogP contribution is -2.43. The molecule has 1 saturated heterocycles. The van der Waals surface area contributed by atoms with Crippen molar-refractivity contribution in [2.24, 2.45) is 0 Å². The Balaban J connectivity index is 1.64. The number of carbonyl (C=O) groups excluding carboxylic acids is 1. The third-order valence-corrected chi connectivity index (χ3v) is 2.90. The van der Waals surface area contributed by atoms with Crippen LogP contribution in [0.3, 0.4) is 0 Å². The molecule has 90 valence electrons. The molecule has 1 fully saturated rings. The van der Waals surface area contributed by atoms with Crippen molar-refractivity contribution in [3.05, 3.63) is 11.6 Å². The summed E-state index contributed by atoms with van der Waals surface area (Å²) in [6, 6.07) is 0.0944. The number of hydrogen-bond acceptors (Lipinski definition) is 3. The Morgan fingerprint density at radius 1 is 1.62 bits per heavy atom. The first-order valence-corrected chi connectivity index (χ1v) is 5.85. The summed E-state index contributed by atoms with van der Waals surface area (Å²) in [5.74, 6) is 0. The van der Waals surface area contributed by atoms with Gasteiger partial charge in [-0.15, -0.1) is 0 Å². The highest BCUT2D eigenvalue weighted by molar-refractivity contribution is 5.74. The van der Waals surface area contributed by atoms with Crippen molar-refractivity contribution in [1.82, 2.24) is 16.0 Å². The molecule has 1 atom stereocenters. The smallest absolute Gasteiger partial charge is 0.315 e. The monoisotopic (exact) mass is 225 g/mol. The minimum absolute atomic E-state index is 0.0880. The van der Waals surface area contributed by atoms with Gasteiger partial charge in [0.1, 0.15) is 0 Å². The summed E-state index contributed by atoms with van der Waals surface area (Å²) in [6.45, 7) is 3.96. The van der Waals surface area contributed by atoms with Crippen molar-refractivity contribution in [1.29, 1.82) is 0 Å².